The molecule has 1 aliphatic carbocycles. The first-order valence-electron chi connectivity index (χ1n) is 7.35. The summed E-state index contributed by atoms with van der Waals surface area (Å²) in [7, 11) is 0. The van der Waals surface area contributed by atoms with Gasteiger partial charge in [-0.1, -0.05) is 12.1 Å². The minimum absolute atomic E-state index is 0.681. The van der Waals surface area contributed by atoms with Gasteiger partial charge in [-0.3, -0.25) is 0 Å². The van der Waals surface area contributed by atoms with E-state index in [1.807, 2.05) is 6.07 Å². The van der Waals surface area contributed by atoms with Crippen molar-refractivity contribution >= 4 is 23.0 Å². The van der Waals surface area contributed by atoms with Crippen LogP contribution in [0.3, 0.4) is 0 Å². The number of aryl methyl sites for hydroxylation is 1. The monoisotopic (exact) mass is 292 g/mol. The van der Waals surface area contributed by atoms with Crippen LogP contribution in [0.25, 0.3) is 0 Å². The highest BCUT2D eigenvalue weighted by molar-refractivity contribution is 7.80. The van der Waals surface area contributed by atoms with Crippen LogP contribution in [0.5, 0.6) is 0 Å². The third-order valence-electron chi connectivity index (χ3n) is 3.65. The van der Waals surface area contributed by atoms with Crippen molar-refractivity contribution in [2.24, 2.45) is 5.92 Å². The topological polar surface area (TPSA) is 33.3 Å². The lowest BCUT2D eigenvalue weighted by Gasteiger charge is -2.13. The van der Waals surface area contributed by atoms with Gasteiger partial charge >= 0.3 is 0 Å². The Morgan fingerprint density at radius 2 is 2.15 bits per heavy atom. The Bertz CT molecular complexity index is 458. The Morgan fingerprint density at radius 1 is 1.35 bits per heavy atom. The van der Waals surface area contributed by atoms with Crippen LogP contribution in [0.1, 0.15) is 30.4 Å². The van der Waals surface area contributed by atoms with Crippen LogP contribution < -0.4 is 10.6 Å². The van der Waals surface area contributed by atoms with Crippen molar-refractivity contribution in [1.29, 1.82) is 0 Å². The average molecular weight is 292 g/mol. The van der Waals surface area contributed by atoms with Gasteiger partial charge in [0.1, 0.15) is 0 Å². The summed E-state index contributed by atoms with van der Waals surface area (Å²) in [6, 6.07) is 6.20. The Hall–Kier alpha value is -1.13. The maximum absolute atomic E-state index is 5.59. The number of ether oxygens (including phenoxy) is 1. The lowest BCUT2D eigenvalue weighted by Crippen LogP contribution is -2.30. The third-order valence-corrected chi connectivity index (χ3v) is 3.90. The van der Waals surface area contributed by atoms with Gasteiger partial charge in [0.05, 0.1) is 0 Å². The zero-order valence-corrected chi connectivity index (χ0v) is 13.2. The van der Waals surface area contributed by atoms with Gasteiger partial charge in [-0.05, 0) is 68.4 Å². The summed E-state index contributed by atoms with van der Waals surface area (Å²) in [6.07, 6.45) is 3.69. The molecule has 2 rings (SSSR count). The van der Waals surface area contributed by atoms with Crippen molar-refractivity contribution in [1.82, 2.24) is 5.32 Å². The first-order valence-corrected chi connectivity index (χ1v) is 7.76. The minimum Gasteiger partial charge on any atom is -0.381 e. The molecule has 0 heterocycles. The van der Waals surface area contributed by atoms with Crippen LogP contribution in [-0.4, -0.2) is 24.9 Å². The number of nitrogens with one attached hydrogen (secondary N) is 2. The fourth-order valence-electron chi connectivity index (χ4n) is 1.96. The zero-order chi connectivity index (χ0) is 14.4. The molecule has 0 unspecified atom stereocenters. The number of anilines is 1. The second kappa shape index (κ2) is 7.60. The van der Waals surface area contributed by atoms with Gasteiger partial charge in [-0.25, -0.2) is 0 Å². The van der Waals surface area contributed by atoms with Gasteiger partial charge < -0.3 is 15.4 Å². The Labute approximate surface area is 127 Å². The Balaban J connectivity index is 1.60. The van der Waals surface area contributed by atoms with Crippen LogP contribution >= 0.6 is 12.2 Å². The van der Waals surface area contributed by atoms with Crippen LogP contribution in [-0.2, 0) is 4.74 Å². The number of hydrogen-bond acceptors (Lipinski definition) is 2. The molecular weight excluding hydrogens is 268 g/mol. The average Bonchev–Trinajstić information content (AvgIpc) is 3.23. The van der Waals surface area contributed by atoms with Crippen LogP contribution in [0.2, 0.25) is 0 Å². The molecule has 0 aliphatic heterocycles. The first kappa shape index (κ1) is 15.3. The standard InChI is InChI=1S/C16H24N2OS/c1-12-5-3-6-15(13(12)2)18-16(20)17-9-4-10-19-11-14-7-8-14/h3,5-6,14H,4,7-11H2,1-2H3,(H2,17,18,20). The lowest BCUT2D eigenvalue weighted by molar-refractivity contribution is 0.123. The molecule has 0 spiro atoms. The van der Waals surface area contributed by atoms with E-state index in [0.29, 0.717) is 5.11 Å². The predicted octanol–water partition coefficient (Wildman–Crippen LogP) is 3.41. The normalized spacial score (nSPS) is 14.1. The Kier molecular flexibility index (Phi) is 5.80. The smallest absolute Gasteiger partial charge is 0.170 e. The predicted molar refractivity (Wildman–Crippen MR) is 88.3 cm³/mol. The van der Waals surface area contributed by atoms with E-state index in [1.165, 1.54) is 24.0 Å². The molecule has 0 amide bonds. The number of rotatable bonds is 7. The summed E-state index contributed by atoms with van der Waals surface area (Å²) in [5.41, 5.74) is 3.59. The summed E-state index contributed by atoms with van der Waals surface area (Å²) < 4.78 is 5.59. The van der Waals surface area contributed by atoms with Gasteiger partial charge in [0.15, 0.2) is 5.11 Å². The Morgan fingerprint density at radius 3 is 2.90 bits per heavy atom. The fraction of sp³-hybridized carbons (Fsp3) is 0.562. The highest BCUT2D eigenvalue weighted by Crippen LogP contribution is 2.28. The van der Waals surface area contributed by atoms with Crippen molar-refractivity contribution in [2.45, 2.75) is 33.1 Å². The van der Waals surface area contributed by atoms with Crippen LogP contribution in [0, 0.1) is 19.8 Å². The van der Waals surface area contributed by atoms with Gasteiger partial charge in [0.25, 0.3) is 0 Å². The molecule has 1 aliphatic rings. The van der Waals surface area contributed by atoms with E-state index in [-0.39, 0.29) is 0 Å². The van der Waals surface area contributed by atoms with Gasteiger partial charge in [-0.15, -0.1) is 0 Å². The minimum atomic E-state index is 0.681. The number of hydrogen-bond donors (Lipinski definition) is 2. The van der Waals surface area contributed by atoms with Crippen molar-refractivity contribution in [2.75, 3.05) is 25.1 Å². The maximum atomic E-state index is 5.59. The lowest BCUT2D eigenvalue weighted by atomic mass is 10.1. The zero-order valence-electron chi connectivity index (χ0n) is 12.4. The van der Waals surface area contributed by atoms with Gasteiger partial charge in [0, 0.05) is 25.4 Å². The van der Waals surface area contributed by atoms with E-state index in [1.54, 1.807) is 0 Å². The van der Waals surface area contributed by atoms with Crippen LogP contribution in [0.4, 0.5) is 5.69 Å². The second-order valence-electron chi connectivity index (χ2n) is 5.50. The summed E-state index contributed by atoms with van der Waals surface area (Å²) in [5.74, 6) is 0.843. The molecule has 1 saturated carbocycles. The van der Waals surface area contributed by atoms with Crippen molar-refractivity contribution in [3.8, 4) is 0 Å². The molecule has 0 aromatic heterocycles. The molecule has 2 N–H and O–H groups in total. The van der Waals surface area contributed by atoms with Crippen LogP contribution in [0.15, 0.2) is 18.2 Å². The molecule has 3 nitrogen and oxygen atoms in total. The highest BCUT2D eigenvalue weighted by Gasteiger charge is 2.20. The van der Waals surface area contributed by atoms with E-state index >= 15 is 0 Å². The van der Waals surface area contributed by atoms with Gasteiger partial charge in [0.2, 0.25) is 0 Å². The quantitative estimate of drug-likeness (QED) is 0.596. The summed E-state index contributed by atoms with van der Waals surface area (Å²) in [4.78, 5) is 0. The van der Waals surface area contributed by atoms with Crippen molar-refractivity contribution in [3.63, 3.8) is 0 Å². The first-order chi connectivity index (χ1) is 9.66. The van der Waals surface area contributed by atoms with E-state index < -0.39 is 0 Å². The van der Waals surface area contributed by atoms with E-state index in [9.17, 15) is 0 Å². The molecule has 0 radical (unpaired) electrons. The molecule has 20 heavy (non-hydrogen) atoms. The van der Waals surface area contributed by atoms with Gasteiger partial charge in [-0.2, -0.15) is 0 Å². The molecule has 4 heteroatoms. The molecule has 1 fully saturated rings. The van der Waals surface area contributed by atoms with E-state index in [4.69, 9.17) is 17.0 Å². The molecule has 0 atom stereocenters. The maximum Gasteiger partial charge on any atom is 0.170 e. The molecule has 110 valence electrons. The van der Waals surface area contributed by atoms with E-state index in [2.05, 4.69) is 36.6 Å². The molecule has 0 saturated heterocycles. The molecular formula is C16H24N2OS. The second-order valence-corrected chi connectivity index (χ2v) is 5.91. The molecule has 0 bridgehead atoms. The van der Waals surface area contributed by atoms with Crippen molar-refractivity contribution in [3.05, 3.63) is 29.3 Å². The highest BCUT2D eigenvalue weighted by atomic mass is 32.1. The third kappa shape index (κ3) is 5.10. The van der Waals surface area contributed by atoms with E-state index in [0.717, 1.165) is 37.8 Å². The summed E-state index contributed by atoms with van der Waals surface area (Å²) in [6.45, 7) is 6.81. The fourth-order valence-corrected chi connectivity index (χ4v) is 2.18. The summed E-state index contributed by atoms with van der Waals surface area (Å²) >= 11 is 5.31. The summed E-state index contributed by atoms with van der Waals surface area (Å²) in [5, 5.41) is 7.15. The number of thiocarbonyl (C=S) groups is 1. The largest absolute Gasteiger partial charge is 0.381 e. The van der Waals surface area contributed by atoms with Crippen molar-refractivity contribution < 1.29 is 4.74 Å². The molecule has 1 aromatic carbocycles. The SMILES string of the molecule is Cc1cccc(NC(=S)NCCCOCC2CC2)c1C. The number of benzene rings is 1. The molecule has 1 aromatic rings.